The Morgan fingerprint density at radius 2 is 1.68 bits per heavy atom. The molecule has 1 amide bonds. The van der Waals surface area contributed by atoms with Crippen molar-refractivity contribution in [2.75, 3.05) is 0 Å². The van der Waals surface area contributed by atoms with Crippen LogP contribution in [-0.2, 0) is 16.0 Å². The number of nitrogens with zero attached hydrogens (tertiary/aromatic N) is 1. The summed E-state index contributed by atoms with van der Waals surface area (Å²) >= 11 is 0. The summed E-state index contributed by atoms with van der Waals surface area (Å²) in [6.07, 6.45) is 2.28. The van der Waals surface area contributed by atoms with Crippen LogP contribution in [0.3, 0.4) is 0 Å². The summed E-state index contributed by atoms with van der Waals surface area (Å²) in [6.45, 7) is 3.55. The van der Waals surface area contributed by atoms with Crippen LogP contribution in [0.2, 0.25) is 0 Å². The van der Waals surface area contributed by atoms with Gasteiger partial charge >= 0.3 is 11.7 Å². The minimum absolute atomic E-state index is 0.0179. The fourth-order valence-corrected chi connectivity index (χ4v) is 4.20. The van der Waals surface area contributed by atoms with Crippen LogP contribution in [-0.4, -0.2) is 37.6 Å². The molecule has 2 heterocycles. The number of rotatable bonds is 8. The zero-order valence-electron chi connectivity index (χ0n) is 18.9. The Balaban J connectivity index is 1.84. The molecule has 4 rings (SSSR count). The van der Waals surface area contributed by atoms with E-state index in [1.807, 2.05) is 31.2 Å². The molecule has 0 saturated carbocycles. The van der Waals surface area contributed by atoms with Gasteiger partial charge in [0.2, 0.25) is 5.91 Å². The lowest BCUT2D eigenvalue weighted by Gasteiger charge is -2.24. The Bertz CT molecular complexity index is 1480. The van der Waals surface area contributed by atoms with Crippen LogP contribution >= 0.6 is 0 Å². The molecule has 2 aromatic heterocycles. The van der Waals surface area contributed by atoms with Crippen molar-refractivity contribution in [3.05, 3.63) is 81.1 Å². The first-order chi connectivity index (χ1) is 16.3. The van der Waals surface area contributed by atoms with E-state index in [4.69, 9.17) is 0 Å². The number of carbonyl (C=O) groups is 2. The third kappa shape index (κ3) is 4.24. The summed E-state index contributed by atoms with van der Waals surface area (Å²) in [6, 6.07) is 11.6. The standard InChI is InChI=1S/C25H26N4O5/c1-3-14(2)21(24(32)33)28-22(30)20(12-15-13-26-18-10-6-4-8-16(15)18)29-23(31)17-9-5-7-11-19(17)27-25(29)34/h4-11,13-14,20-21,26H,3,12H2,1-2H3,(H,27,34)(H,28,30)(H,32,33)/t14-,20+,21-/m0/s1. The predicted octanol–water partition coefficient (Wildman–Crippen LogP) is 2.57. The second kappa shape index (κ2) is 9.38. The highest BCUT2D eigenvalue weighted by Crippen LogP contribution is 2.23. The van der Waals surface area contributed by atoms with Crippen molar-refractivity contribution in [1.82, 2.24) is 19.9 Å². The molecule has 4 N–H and O–H groups in total. The molecule has 0 aliphatic heterocycles. The number of aromatic nitrogens is 3. The molecule has 34 heavy (non-hydrogen) atoms. The molecular formula is C25H26N4O5. The number of carboxylic acid groups (broad SMARTS) is 1. The maximum absolute atomic E-state index is 13.5. The SMILES string of the molecule is CC[C@H](C)[C@H](NC(=O)[C@@H](Cc1c[nH]c2ccccc12)n1c(=O)[nH]c2ccccc2c1=O)C(=O)O. The van der Waals surface area contributed by atoms with Crippen LogP contribution in [0, 0.1) is 5.92 Å². The highest BCUT2D eigenvalue weighted by atomic mass is 16.4. The summed E-state index contributed by atoms with van der Waals surface area (Å²) in [5.41, 5.74) is 0.585. The monoisotopic (exact) mass is 462 g/mol. The second-order valence-corrected chi connectivity index (χ2v) is 8.44. The molecule has 9 nitrogen and oxygen atoms in total. The van der Waals surface area contributed by atoms with Gasteiger partial charge in [0.15, 0.2) is 0 Å². The second-order valence-electron chi connectivity index (χ2n) is 8.44. The van der Waals surface area contributed by atoms with E-state index in [1.54, 1.807) is 37.4 Å². The van der Waals surface area contributed by atoms with Gasteiger partial charge in [0.05, 0.1) is 10.9 Å². The Labute approximate surface area is 194 Å². The maximum Gasteiger partial charge on any atom is 0.329 e. The number of nitrogens with one attached hydrogen (secondary N) is 3. The number of hydrogen-bond acceptors (Lipinski definition) is 4. The van der Waals surface area contributed by atoms with E-state index in [0.717, 1.165) is 21.0 Å². The largest absolute Gasteiger partial charge is 0.480 e. The van der Waals surface area contributed by atoms with E-state index < -0.39 is 35.2 Å². The summed E-state index contributed by atoms with van der Waals surface area (Å²) in [7, 11) is 0. The number of H-pyrrole nitrogens is 2. The average Bonchev–Trinajstić information content (AvgIpc) is 3.24. The molecule has 0 aliphatic carbocycles. The molecule has 0 radical (unpaired) electrons. The molecule has 0 saturated heterocycles. The average molecular weight is 463 g/mol. The molecular weight excluding hydrogens is 436 g/mol. The Kier molecular flexibility index (Phi) is 6.36. The molecule has 2 aromatic carbocycles. The zero-order chi connectivity index (χ0) is 24.4. The molecule has 4 aromatic rings. The number of amides is 1. The number of carbonyl (C=O) groups excluding carboxylic acids is 1. The van der Waals surface area contributed by atoms with Gasteiger partial charge in [-0.1, -0.05) is 50.6 Å². The van der Waals surface area contributed by atoms with Gasteiger partial charge < -0.3 is 20.4 Å². The van der Waals surface area contributed by atoms with E-state index in [1.165, 1.54) is 0 Å². The van der Waals surface area contributed by atoms with E-state index in [0.29, 0.717) is 11.9 Å². The van der Waals surface area contributed by atoms with Crippen molar-refractivity contribution in [2.24, 2.45) is 5.92 Å². The number of aromatic amines is 2. The molecule has 0 unspecified atom stereocenters. The fraction of sp³-hybridized carbons (Fsp3) is 0.280. The maximum atomic E-state index is 13.5. The van der Waals surface area contributed by atoms with Gasteiger partial charge in [-0.3, -0.25) is 9.59 Å². The van der Waals surface area contributed by atoms with Crippen LogP contribution in [0.5, 0.6) is 0 Å². The van der Waals surface area contributed by atoms with Gasteiger partial charge in [-0.2, -0.15) is 0 Å². The normalized spacial score (nSPS) is 14.1. The predicted molar refractivity (Wildman–Crippen MR) is 129 cm³/mol. The summed E-state index contributed by atoms with van der Waals surface area (Å²) < 4.78 is 0.884. The molecule has 176 valence electrons. The van der Waals surface area contributed by atoms with E-state index in [2.05, 4.69) is 15.3 Å². The smallest absolute Gasteiger partial charge is 0.329 e. The molecule has 0 fully saturated rings. The number of carboxylic acids is 1. The van der Waals surface area contributed by atoms with Crippen molar-refractivity contribution in [1.29, 1.82) is 0 Å². The first-order valence-corrected chi connectivity index (χ1v) is 11.1. The summed E-state index contributed by atoms with van der Waals surface area (Å²) in [5.74, 6) is -2.23. The molecule has 0 spiro atoms. The summed E-state index contributed by atoms with van der Waals surface area (Å²) in [4.78, 5) is 57.5. The Morgan fingerprint density at radius 3 is 2.35 bits per heavy atom. The highest BCUT2D eigenvalue weighted by molar-refractivity contribution is 5.88. The third-order valence-electron chi connectivity index (χ3n) is 6.32. The third-order valence-corrected chi connectivity index (χ3v) is 6.32. The number of para-hydroxylation sites is 2. The van der Waals surface area contributed by atoms with Crippen LogP contribution in [0.25, 0.3) is 21.8 Å². The van der Waals surface area contributed by atoms with Gasteiger partial charge in [-0.25, -0.2) is 14.2 Å². The van der Waals surface area contributed by atoms with Crippen LogP contribution in [0.4, 0.5) is 0 Å². The topological polar surface area (TPSA) is 137 Å². The van der Waals surface area contributed by atoms with E-state index in [9.17, 15) is 24.3 Å². The zero-order valence-corrected chi connectivity index (χ0v) is 18.9. The van der Waals surface area contributed by atoms with Crippen molar-refractivity contribution in [3.63, 3.8) is 0 Å². The van der Waals surface area contributed by atoms with Crippen molar-refractivity contribution < 1.29 is 14.7 Å². The first kappa shape index (κ1) is 23.0. The van der Waals surface area contributed by atoms with Crippen molar-refractivity contribution >= 4 is 33.7 Å². The van der Waals surface area contributed by atoms with Crippen molar-refractivity contribution in [2.45, 2.75) is 38.8 Å². The molecule has 0 aliphatic rings. The first-order valence-electron chi connectivity index (χ1n) is 11.1. The van der Waals surface area contributed by atoms with E-state index >= 15 is 0 Å². The number of benzene rings is 2. The quantitative estimate of drug-likeness (QED) is 0.319. The van der Waals surface area contributed by atoms with Gasteiger partial charge in [-0.15, -0.1) is 0 Å². The lowest BCUT2D eigenvalue weighted by molar-refractivity contribution is -0.143. The highest BCUT2D eigenvalue weighted by Gasteiger charge is 2.32. The molecule has 0 bridgehead atoms. The van der Waals surface area contributed by atoms with Gasteiger partial charge in [0, 0.05) is 23.5 Å². The van der Waals surface area contributed by atoms with Crippen LogP contribution in [0.1, 0.15) is 31.9 Å². The summed E-state index contributed by atoms with van der Waals surface area (Å²) in [5, 5.41) is 13.3. The van der Waals surface area contributed by atoms with E-state index in [-0.39, 0.29) is 17.7 Å². The fourth-order valence-electron chi connectivity index (χ4n) is 4.20. The van der Waals surface area contributed by atoms with Gasteiger partial charge in [0.25, 0.3) is 5.56 Å². The lowest BCUT2D eigenvalue weighted by Crippen LogP contribution is -2.51. The molecule has 9 heteroatoms. The lowest BCUT2D eigenvalue weighted by atomic mass is 9.98. The number of fused-ring (bicyclic) bond motifs is 2. The van der Waals surface area contributed by atoms with Gasteiger partial charge in [-0.05, 0) is 29.7 Å². The minimum atomic E-state index is -1.26. The van der Waals surface area contributed by atoms with Crippen LogP contribution in [0.15, 0.2) is 64.3 Å². The van der Waals surface area contributed by atoms with Gasteiger partial charge in [0.1, 0.15) is 12.1 Å². The minimum Gasteiger partial charge on any atom is -0.480 e. The Hall–Kier alpha value is -4.14. The Morgan fingerprint density at radius 1 is 1.03 bits per heavy atom. The molecule has 3 atom stereocenters. The van der Waals surface area contributed by atoms with Crippen LogP contribution < -0.4 is 16.6 Å². The van der Waals surface area contributed by atoms with Crippen molar-refractivity contribution in [3.8, 4) is 0 Å². The number of aliphatic carboxylic acids is 1. The number of hydrogen-bond donors (Lipinski definition) is 4.